The number of nitrogens with zero attached hydrogens (tertiary/aromatic N) is 4. The molecule has 0 unspecified atom stereocenters. The van der Waals surface area contributed by atoms with Crippen molar-refractivity contribution in [1.82, 2.24) is 19.7 Å². The molecule has 6 nitrogen and oxygen atoms in total. The van der Waals surface area contributed by atoms with Crippen LogP contribution in [-0.4, -0.2) is 52.9 Å². The summed E-state index contributed by atoms with van der Waals surface area (Å²) in [5.74, 6) is 0.909. The first-order chi connectivity index (χ1) is 8.11. The van der Waals surface area contributed by atoms with Crippen LogP contribution in [0.3, 0.4) is 0 Å². The van der Waals surface area contributed by atoms with Gasteiger partial charge in [0.1, 0.15) is 0 Å². The second-order valence-corrected chi connectivity index (χ2v) is 4.59. The molecular weight excluding hydrogens is 216 g/mol. The van der Waals surface area contributed by atoms with Crippen LogP contribution < -0.4 is 11.2 Å². The summed E-state index contributed by atoms with van der Waals surface area (Å²) in [7, 11) is 4.07. The second kappa shape index (κ2) is 4.93. The predicted molar refractivity (Wildman–Crippen MR) is 69.7 cm³/mol. The van der Waals surface area contributed by atoms with E-state index in [0.717, 1.165) is 49.8 Å². The van der Waals surface area contributed by atoms with E-state index in [0.29, 0.717) is 0 Å². The summed E-state index contributed by atoms with van der Waals surface area (Å²) in [6.07, 6.45) is 0.865. The topological polar surface area (TPSA) is 62.4 Å². The van der Waals surface area contributed by atoms with Gasteiger partial charge >= 0.3 is 0 Å². The molecular formula is C11H22N6. The highest BCUT2D eigenvalue weighted by molar-refractivity contribution is 5.64. The molecule has 1 aromatic rings. The third-order valence-electron chi connectivity index (χ3n) is 3.26. The first-order valence-corrected chi connectivity index (χ1v) is 6.13. The van der Waals surface area contributed by atoms with Gasteiger partial charge in [-0.1, -0.05) is 6.92 Å². The molecule has 1 aliphatic heterocycles. The Hall–Kier alpha value is -1.27. The molecule has 1 aromatic heterocycles. The van der Waals surface area contributed by atoms with E-state index in [-0.39, 0.29) is 0 Å². The fraction of sp³-hybridized carbons (Fsp3) is 0.727. The van der Waals surface area contributed by atoms with Crippen molar-refractivity contribution in [3.8, 4) is 0 Å². The van der Waals surface area contributed by atoms with Gasteiger partial charge in [0.05, 0.1) is 11.4 Å². The number of likely N-dealkylation sites (N-methyl/N-ethyl adjacent to an activating group) is 1. The Morgan fingerprint density at radius 1 is 1.24 bits per heavy atom. The quantitative estimate of drug-likeness (QED) is 0.784. The molecule has 0 amide bonds. The molecule has 2 rings (SSSR count). The Labute approximate surface area is 102 Å². The lowest BCUT2D eigenvalue weighted by atomic mass is 10.3. The summed E-state index contributed by atoms with van der Waals surface area (Å²) in [5, 5.41) is 6.60. The van der Waals surface area contributed by atoms with Gasteiger partial charge in [-0.25, -0.2) is 9.69 Å². The molecule has 3 N–H and O–H groups in total. The smallest absolute Gasteiger partial charge is 0.162 e. The monoisotopic (exact) mass is 238 g/mol. The number of piperazine rings is 1. The van der Waals surface area contributed by atoms with Gasteiger partial charge in [0.15, 0.2) is 5.82 Å². The number of anilines is 2. The SMILES string of the molecule is CCc1nn(C)c(NN2CCN(C)CC2)c1N. The van der Waals surface area contributed by atoms with Crippen LogP contribution in [0.15, 0.2) is 0 Å². The van der Waals surface area contributed by atoms with E-state index in [4.69, 9.17) is 5.73 Å². The largest absolute Gasteiger partial charge is 0.394 e. The minimum absolute atomic E-state index is 0.772. The number of nitrogens with two attached hydrogens (primary N) is 1. The highest BCUT2D eigenvalue weighted by Crippen LogP contribution is 2.22. The van der Waals surface area contributed by atoms with Gasteiger partial charge in [-0.15, -0.1) is 0 Å². The molecule has 1 fully saturated rings. The van der Waals surface area contributed by atoms with Gasteiger partial charge in [-0.2, -0.15) is 5.10 Å². The van der Waals surface area contributed by atoms with Crippen LogP contribution in [0.5, 0.6) is 0 Å². The number of hydrogen-bond donors (Lipinski definition) is 2. The van der Waals surface area contributed by atoms with Crippen LogP contribution >= 0.6 is 0 Å². The summed E-state index contributed by atoms with van der Waals surface area (Å²) in [4.78, 5) is 2.32. The van der Waals surface area contributed by atoms with E-state index < -0.39 is 0 Å². The minimum atomic E-state index is 0.772. The number of rotatable bonds is 3. The third kappa shape index (κ3) is 2.53. The fourth-order valence-electron chi connectivity index (χ4n) is 2.06. The normalized spacial score (nSPS) is 18.5. The lowest BCUT2D eigenvalue weighted by molar-refractivity contribution is 0.178. The maximum Gasteiger partial charge on any atom is 0.162 e. The van der Waals surface area contributed by atoms with Gasteiger partial charge < -0.3 is 16.1 Å². The van der Waals surface area contributed by atoms with Crippen molar-refractivity contribution in [2.45, 2.75) is 13.3 Å². The molecule has 2 heterocycles. The number of nitrogens with one attached hydrogen (secondary N) is 1. The zero-order valence-corrected chi connectivity index (χ0v) is 10.9. The Morgan fingerprint density at radius 2 is 1.88 bits per heavy atom. The first-order valence-electron chi connectivity index (χ1n) is 6.13. The molecule has 0 aliphatic carbocycles. The van der Waals surface area contributed by atoms with Gasteiger partial charge in [-0.05, 0) is 13.5 Å². The number of hydrogen-bond acceptors (Lipinski definition) is 5. The van der Waals surface area contributed by atoms with E-state index in [1.165, 1.54) is 0 Å². The van der Waals surface area contributed by atoms with E-state index in [1.54, 1.807) is 0 Å². The molecule has 96 valence electrons. The van der Waals surface area contributed by atoms with Gasteiger partial charge in [-0.3, -0.25) is 0 Å². The van der Waals surface area contributed by atoms with Gasteiger partial charge in [0.2, 0.25) is 0 Å². The zero-order valence-electron chi connectivity index (χ0n) is 10.9. The molecule has 0 saturated carbocycles. The molecule has 0 radical (unpaired) electrons. The predicted octanol–water partition coefficient (Wildman–Crippen LogP) is 0.139. The van der Waals surface area contributed by atoms with Crippen LogP contribution in [0, 0.1) is 0 Å². The van der Waals surface area contributed by atoms with Gasteiger partial charge in [0.25, 0.3) is 0 Å². The maximum atomic E-state index is 6.08. The van der Waals surface area contributed by atoms with Crippen molar-refractivity contribution < 1.29 is 0 Å². The maximum absolute atomic E-state index is 6.08. The molecule has 6 heteroatoms. The highest BCUT2D eigenvalue weighted by Gasteiger charge is 2.17. The van der Waals surface area contributed by atoms with E-state index in [9.17, 15) is 0 Å². The number of hydrazine groups is 1. The fourth-order valence-corrected chi connectivity index (χ4v) is 2.06. The average molecular weight is 238 g/mol. The molecule has 0 atom stereocenters. The van der Waals surface area contributed by atoms with Crippen LogP contribution in [0.4, 0.5) is 11.5 Å². The molecule has 1 aliphatic rings. The first kappa shape index (κ1) is 12.2. The molecule has 0 aromatic carbocycles. The highest BCUT2D eigenvalue weighted by atomic mass is 15.6. The summed E-state index contributed by atoms with van der Waals surface area (Å²) in [5.41, 5.74) is 11.2. The Balaban J connectivity index is 2.05. The van der Waals surface area contributed by atoms with Crippen LogP contribution in [0.25, 0.3) is 0 Å². The Morgan fingerprint density at radius 3 is 2.41 bits per heavy atom. The van der Waals surface area contributed by atoms with Crippen molar-refractivity contribution >= 4 is 11.5 Å². The summed E-state index contributed by atoms with van der Waals surface area (Å²) in [6.45, 7) is 6.22. The van der Waals surface area contributed by atoms with Crippen LogP contribution in [0.1, 0.15) is 12.6 Å². The average Bonchev–Trinajstić information content (AvgIpc) is 2.59. The third-order valence-corrected chi connectivity index (χ3v) is 3.26. The van der Waals surface area contributed by atoms with E-state index in [2.05, 4.69) is 34.4 Å². The molecule has 1 saturated heterocycles. The summed E-state index contributed by atoms with van der Waals surface area (Å²) < 4.78 is 1.83. The second-order valence-electron chi connectivity index (χ2n) is 4.59. The number of aryl methyl sites for hydroxylation is 2. The standard InChI is InChI=1S/C11H22N6/c1-4-9-10(12)11(16(3)13-9)14-17-7-5-15(2)6-8-17/h14H,4-8,12H2,1-3H3. The van der Waals surface area contributed by atoms with Crippen LogP contribution in [-0.2, 0) is 13.5 Å². The number of aromatic nitrogens is 2. The van der Waals surface area contributed by atoms with Crippen molar-refractivity contribution in [2.24, 2.45) is 7.05 Å². The lowest BCUT2D eigenvalue weighted by Crippen LogP contribution is -2.47. The Bertz CT molecular complexity index is 378. The summed E-state index contributed by atoms with van der Waals surface area (Å²) >= 11 is 0. The van der Waals surface area contributed by atoms with Crippen molar-refractivity contribution in [2.75, 3.05) is 44.4 Å². The van der Waals surface area contributed by atoms with Crippen LogP contribution in [0.2, 0.25) is 0 Å². The lowest BCUT2D eigenvalue weighted by Gasteiger charge is -2.33. The zero-order chi connectivity index (χ0) is 12.4. The minimum Gasteiger partial charge on any atom is -0.394 e. The number of nitrogen functional groups attached to an aromatic ring is 1. The molecule has 0 bridgehead atoms. The van der Waals surface area contributed by atoms with Gasteiger partial charge in [0, 0.05) is 33.2 Å². The van der Waals surface area contributed by atoms with Crippen molar-refractivity contribution in [3.05, 3.63) is 5.69 Å². The summed E-state index contributed by atoms with van der Waals surface area (Å²) in [6, 6.07) is 0. The van der Waals surface area contributed by atoms with E-state index >= 15 is 0 Å². The van der Waals surface area contributed by atoms with E-state index in [1.807, 2.05) is 11.7 Å². The molecule has 17 heavy (non-hydrogen) atoms. The molecule has 0 spiro atoms. The Kier molecular flexibility index (Phi) is 3.54. The van der Waals surface area contributed by atoms with Crippen molar-refractivity contribution in [3.63, 3.8) is 0 Å². The van der Waals surface area contributed by atoms with Crippen molar-refractivity contribution in [1.29, 1.82) is 0 Å².